The van der Waals surface area contributed by atoms with Crippen molar-refractivity contribution in [2.24, 2.45) is 0 Å². The number of carbonyl (C=O) groups excluding carboxylic acids is 1. The van der Waals surface area contributed by atoms with Gasteiger partial charge < -0.3 is 5.32 Å². The predicted molar refractivity (Wildman–Crippen MR) is 116 cm³/mol. The molecule has 1 fully saturated rings. The Morgan fingerprint density at radius 2 is 2.06 bits per heavy atom. The highest BCUT2D eigenvalue weighted by atomic mass is 19.1. The number of nitrogens with one attached hydrogen (secondary N) is 2. The summed E-state index contributed by atoms with van der Waals surface area (Å²) in [6.45, 7) is 3.65. The Labute approximate surface area is 185 Å². The summed E-state index contributed by atoms with van der Waals surface area (Å²) in [6.07, 6.45) is 1.84. The van der Waals surface area contributed by atoms with Crippen molar-refractivity contribution in [1.29, 1.82) is 0 Å². The molecule has 168 valence electrons. The van der Waals surface area contributed by atoms with Gasteiger partial charge in [0.05, 0.1) is 10.9 Å². The SMILES string of the molecule is CCn1c(=O)[nH]c(=O)c2c(C(=O)Nc3ccc(F)c(-n4nnnc4C)c3)cc(C3CC3)nc21. The average molecular weight is 450 g/mol. The van der Waals surface area contributed by atoms with Gasteiger partial charge >= 0.3 is 5.69 Å². The number of amides is 1. The lowest BCUT2D eigenvalue weighted by atomic mass is 10.1. The topological polar surface area (TPSA) is 140 Å². The van der Waals surface area contributed by atoms with E-state index in [1.54, 1.807) is 19.9 Å². The molecule has 3 heterocycles. The number of benzene rings is 1. The number of aromatic amines is 1. The number of aryl methyl sites for hydroxylation is 2. The van der Waals surface area contributed by atoms with Crippen LogP contribution in [0.25, 0.3) is 16.7 Å². The van der Waals surface area contributed by atoms with Crippen LogP contribution in [0, 0.1) is 12.7 Å². The van der Waals surface area contributed by atoms with Crippen LogP contribution < -0.4 is 16.6 Å². The molecule has 0 saturated heterocycles. The van der Waals surface area contributed by atoms with E-state index in [0.29, 0.717) is 11.5 Å². The minimum absolute atomic E-state index is 0.0250. The average Bonchev–Trinajstić information content (AvgIpc) is 3.55. The Morgan fingerprint density at radius 3 is 2.73 bits per heavy atom. The van der Waals surface area contributed by atoms with Gasteiger partial charge in [-0.05, 0) is 61.4 Å². The van der Waals surface area contributed by atoms with E-state index in [0.717, 1.165) is 12.8 Å². The van der Waals surface area contributed by atoms with E-state index in [4.69, 9.17) is 0 Å². The normalized spacial score (nSPS) is 13.4. The van der Waals surface area contributed by atoms with E-state index >= 15 is 0 Å². The molecule has 0 atom stereocenters. The third-order valence-corrected chi connectivity index (χ3v) is 5.58. The Morgan fingerprint density at radius 1 is 1.27 bits per heavy atom. The number of halogens is 1. The van der Waals surface area contributed by atoms with E-state index in [-0.39, 0.29) is 40.4 Å². The molecule has 0 unspecified atom stereocenters. The first kappa shape index (κ1) is 20.7. The van der Waals surface area contributed by atoms with Crippen LogP contribution in [0.2, 0.25) is 0 Å². The van der Waals surface area contributed by atoms with Gasteiger partial charge in [-0.3, -0.25) is 19.1 Å². The van der Waals surface area contributed by atoms with Gasteiger partial charge in [-0.25, -0.2) is 14.2 Å². The third kappa shape index (κ3) is 3.58. The van der Waals surface area contributed by atoms with Gasteiger partial charge in [-0.1, -0.05) is 0 Å². The first-order valence-electron chi connectivity index (χ1n) is 10.4. The Hall–Kier alpha value is -4.22. The number of rotatable bonds is 5. The highest BCUT2D eigenvalue weighted by Gasteiger charge is 2.28. The first-order valence-corrected chi connectivity index (χ1v) is 10.4. The lowest BCUT2D eigenvalue weighted by Gasteiger charge is -2.13. The largest absolute Gasteiger partial charge is 0.329 e. The van der Waals surface area contributed by atoms with Crippen molar-refractivity contribution in [3.05, 3.63) is 68.0 Å². The quantitative estimate of drug-likeness (QED) is 0.471. The molecule has 1 amide bonds. The summed E-state index contributed by atoms with van der Waals surface area (Å²) in [7, 11) is 0. The minimum atomic E-state index is -0.691. The van der Waals surface area contributed by atoms with Crippen LogP contribution >= 0.6 is 0 Å². The fraction of sp³-hybridized carbons (Fsp3) is 0.286. The molecule has 4 aromatic rings. The predicted octanol–water partition coefficient (Wildman–Crippen LogP) is 1.66. The second-order valence-electron chi connectivity index (χ2n) is 7.83. The maximum Gasteiger partial charge on any atom is 0.329 e. The minimum Gasteiger partial charge on any atom is -0.322 e. The number of carbonyl (C=O) groups is 1. The van der Waals surface area contributed by atoms with Crippen molar-refractivity contribution < 1.29 is 9.18 Å². The maximum atomic E-state index is 14.4. The van der Waals surface area contributed by atoms with E-state index in [2.05, 4.69) is 30.8 Å². The molecule has 0 aliphatic heterocycles. The number of H-pyrrole nitrogens is 1. The zero-order chi connectivity index (χ0) is 23.3. The van der Waals surface area contributed by atoms with Crippen molar-refractivity contribution >= 4 is 22.6 Å². The third-order valence-electron chi connectivity index (χ3n) is 5.58. The number of nitrogens with zero attached hydrogens (tertiary/aromatic N) is 6. The highest BCUT2D eigenvalue weighted by Crippen LogP contribution is 2.40. The van der Waals surface area contributed by atoms with Gasteiger partial charge in [-0.2, -0.15) is 4.68 Å². The van der Waals surface area contributed by atoms with E-state index in [1.807, 2.05) is 0 Å². The van der Waals surface area contributed by atoms with Gasteiger partial charge in [-0.15, -0.1) is 5.10 Å². The summed E-state index contributed by atoms with van der Waals surface area (Å²) in [5.74, 6) is -0.601. The number of pyridine rings is 1. The second-order valence-corrected chi connectivity index (χ2v) is 7.83. The van der Waals surface area contributed by atoms with Crippen LogP contribution in [0.4, 0.5) is 10.1 Å². The monoisotopic (exact) mass is 450 g/mol. The molecule has 1 saturated carbocycles. The summed E-state index contributed by atoms with van der Waals surface area (Å²) >= 11 is 0. The van der Waals surface area contributed by atoms with Crippen molar-refractivity contribution in [1.82, 2.24) is 34.7 Å². The molecule has 11 nitrogen and oxygen atoms in total. The summed E-state index contributed by atoms with van der Waals surface area (Å²) in [4.78, 5) is 45.0. The van der Waals surface area contributed by atoms with Crippen LogP contribution in [0.3, 0.4) is 0 Å². The molecule has 5 rings (SSSR count). The van der Waals surface area contributed by atoms with Crippen LogP contribution in [0.15, 0.2) is 33.9 Å². The molecule has 1 aliphatic rings. The van der Waals surface area contributed by atoms with E-state index in [9.17, 15) is 18.8 Å². The van der Waals surface area contributed by atoms with Crippen LogP contribution in [-0.2, 0) is 6.54 Å². The second kappa shape index (κ2) is 7.73. The molecule has 1 aliphatic carbocycles. The number of anilines is 1. The van der Waals surface area contributed by atoms with Crippen LogP contribution in [-0.4, -0.2) is 40.6 Å². The first-order chi connectivity index (χ1) is 15.9. The zero-order valence-electron chi connectivity index (χ0n) is 17.8. The number of hydrogen-bond acceptors (Lipinski definition) is 7. The van der Waals surface area contributed by atoms with Crippen molar-refractivity contribution in [3.63, 3.8) is 0 Å². The smallest absolute Gasteiger partial charge is 0.322 e. The molecule has 0 bridgehead atoms. The Kier molecular flexibility index (Phi) is 4.84. The van der Waals surface area contributed by atoms with Gasteiger partial charge in [0.25, 0.3) is 11.5 Å². The Bertz CT molecular complexity index is 1530. The number of aromatic nitrogens is 7. The van der Waals surface area contributed by atoms with E-state index in [1.165, 1.54) is 27.4 Å². The number of hydrogen-bond donors (Lipinski definition) is 2. The molecule has 1 aromatic carbocycles. The van der Waals surface area contributed by atoms with Crippen molar-refractivity contribution in [2.75, 3.05) is 5.32 Å². The number of tetrazole rings is 1. The van der Waals surface area contributed by atoms with Gasteiger partial charge in [0, 0.05) is 23.8 Å². The molecule has 0 radical (unpaired) electrons. The summed E-state index contributed by atoms with van der Waals surface area (Å²) in [5, 5.41) is 13.8. The van der Waals surface area contributed by atoms with Crippen molar-refractivity contribution in [3.8, 4) is 5.69 Å². The van der Waals surface area contributed by atoms with E-state index < -0.39 is 23.0 Å². The number of fused-ring (bicyclic) bond motifs is 1. The summed E-state index contributed by atoms with van der Waals surface area (Å²) < 4.78 is 16.9. The fourth-order valence-corrected chi connectivity index (χ4v) is 3.76. The summed E-state index contributed by atoms with van der Waals surface area (Å²) in [6, 6.07) is 5.57. The maximum absolute atomic E-state index is 14.4. The van der Waals surface area contributed by atoms with Gasteiger partial charge in [0.15, 0.2) is 11.5 Å². The van der Waals surface area contributed by atoms with Crippen molar-refractivity contribution in [2.45, 2.75) is 39.2 Å². The van der Waals surface area contributed by atoms with Crippen LogP contribution in [0.1, 0.15) is 47.6 Å². The molecule has 33 heavy (non-hydrogen) atoms. The van der Waals surface area contributed by atoms with Gasteiger partial charge in [0.1, 0.15) is 11.5 Å². The molecule has 12 heteroatoms. The molecular weight excluding hydrogens is 431 g/mol. The molecular formula is C21H19FN8O3. The van der Waals surface area contributed by atoms with Crippen LogP contribution in [0.5, 0.6) is 0 Å². The molecule has 3 aromatic heterocycles. The lowest BCUT2D eigenvalue weighted by molar-refractivity contribution is 0.102. The van der Waals surface area contributed by atoms with Gasteiger partial charge in [0.2, 0.25) is 0 Å². The lowest BCUT2D eigenvalue weighted by Crippen LogP contribution is -2.32. The Balaban J connectivity index is 1.62. The summed E-state index contributed by atoms with van der Waals surface area (Å²) in [5.41, 5.74) is -0.00926. The fourth-order valence-electron chi connectivity index (χ4n) is 3.76. The molecule has 2 N–H and O–H groups in total. The standard InChI is InChI=1S/C21H19FN8O3/c1-3-29-18-17(20(32)25-21(29)33)13(9-15(24-18)11-4-5-11)19(31)23-12-6-7-14(22)16(8-12)30-10(2)26-27-28-30/h6-9,11H,3-5H2,1-2H3,(H,23,31)(H,25,32,33). The highest BCUT2D eigenvalue weighted by molar-refractivity contribution is 6.12. The molecule has 0 spiro atoms. The zero-order valence-corrected chi connectivity index (χ0v) is 17.8.